The molecular weight excluding hydrogens is 210 g/mol. The van der Waals surface area contributed by atoms with Crippen molar-refractivity contribution < 1.29 is 4.74 Å². The van der Waals surface area contributed by atoms with Gasteiger partial charge < -0.3 is 10.1 Å². The van der Waals surface area contributed by atoms with Crippen molar-refractivity contribution in [3.63, 3.8) is 0 Å². The number of ether oxygens (including phenoxy) is 1. The Bertz CT molecular complexity index is 406. The summed E-state index contributed by atoms with van der Waals surface area (Å²) in [6, 6.07) is 6.70. The lowest BCUT2D eigenvalue weighted by molar-refractivity contribution is 0.0595. The van der Waals surface area contributed by atoms with Crippen molar-refractivity contribution >= 4 is 5.69 Å². The van der Waals surface area contributed by atoms with E-state index in [1.54, 1.807) is 7.11 Å². The summed E-state index contributed by atoms with van der Waals surface area (Å²) < 4.78 is 5.66. The molecule has 2 unspecified atom stereocenters. The molecule has 94 valence electrons. The van der Waals surface area contributed by atoms with E-state index in [2.05, 4.69) is 51.2 Å². The van der Waals surface area contributed by atoms with Crippen LogP contribution in [0.25, 0.3) is 0 Å². The first-order valence-electron chi connectivity index (χ1n) is 6.34. The van der Waals surface area contributed by atoms with Gasteiger partial charge in [0.05, 0.1) is 6.10 Å². The molecule has 2 heteroatoms. The van der Waals surface area contributed by atoms with Crippen molar-refractivity contribution in [3.05, 3.63) is 29.3 Å². The van der Waals surface area contributed by atoms with E-state index in [1.165, 1.54) is 16.8 Å². The molecule has 0 saturated heterocycles. The summed E-state index contributed by atoms with van der Waals surface area (Å²) in [5.41, 5.74) is 4.09. The minimum atomic E-state index is 0.188. The summed E-state index contributed by atoms with van der Waals surface area (Å²) in [5, 5.41) is 3.48. The van der Waals surface area contributed by atoms with Crippen LogP contribution in [0, 0.1) is 5.92 Å². The van der Waals surface area contributed by atoms with Gasteiger partial charge in [-0.05, 0) is 17.0 Å². The van der Waals surface area contributed by atoms with Crippen LogP contribution in [0.4, 0.5) is 5.69 Å². The van der Waals surface area contributed by atoms with E-state index in [1.807, 2.05) is 0 Å². The molecule has 0 saturated carbocycles. The first-order chi connectivity index (χ1) is 7.93. The number of hydrogen-bond donors (Lipinski definition) is 1. The minimum Gasteiger partial charge on any atom is -0.384 e. The SMILES string of the molecule is COC1c2cc(C(C)(C)C)ccc2NCC1C. The number of rotatable bonds is 1. The molecule has 0 spiro atoms. The Morgan fingerprint density at radius 3 is 2.59 bits per heavy atom. The lowest BCUT2D eigenvalue weighted by atomic mass is 9.83. The monoisotopic (exact) mass is 233 g/mol. The summed E-state index contributed by atoms with van der Waals surface area (Å²) in [6.45, 7) is 9.96. The number of methoxy groups -OCH3 is 1. The number of anilines is 1. The molecule has 1 aliphatic heterocycles. The summed E-state index contributed by atoms with van der Waals surface area (Å²) >= 11 is 0. The Balaban J connectivity index is 2.45. The van der Waals surface area contributed by atoms with Crippen LogP contribution in [-0.2, 0) is 10.2 Å². The molecule has 0 radical (unpaired) electrons. The van der Waals surface area contributed by atoms with E-state index in [0.717, 1.165) is 6.54 Å². The van der Waals surface area contributed by atoms with E-state index in [4.69, 9.17) is 4.74 Å². The number of benzene rings is 1. The van der Waals surface area contributed by atoms with Crippen LogP contribution in [0.15, 0.2) is 18.2 Å². The highest BCUT2D eigenvalue weighted by molar-refractivity contribution is 5.56. The Hall–Kier alpha value is -1.02. The fraction of sp³-hybridized carbons (Fsp3) is 0.600. The Kier molecular flexibility index (Phi) is 3.17. The fourth-order valence-corrected chi connectivity index (χ4v) is 2.47. The molecule has 0 amide bonds. The van der Waals surface area contributed by atoms with Crippen LogP contribution in [-0.4, -0.2) is 13.7 Å². The van der Waals surface area contributed by atoms with Gasteiger partial charge in [0.25, 0.3) is 0 Å². The number of hydrogen-bond acceptors (Lipinski definition) is 2. The maximum atomic E-state index is 5.66. The molecule has 17 heavy (non-hydrogen) atoms. The average Bonchev–Trinajstić information content (AvgIpc) is 2.27. The van der Waals surface area contributed by atoms with Crippen molar-refractivity contribution in [1.29, 1.82) is 0 Å². The predicted octanol–water partition coefficient (Wildman–Crippen LogP) is 3.73. The molecule has 1 N–H and O–H groups in total. The van der Waals surface area contributed by atoms with Crippen LogP contribution in [0.5, 0.6) is 0 Å². The van der Waals surface area contributed by atoms with Gasteiger partial charge in [0.1, 0.15) is 0 Å². The van der Waals surface area contributed by atoms with E-state index in [9.17, 15) is 0 Å². The standard InChI is InChI=1S/C15H23NO/c1-10-9-16-13-7-6-11(15(2,3)4)8-12(13)14(10)17-5/h6-8,10,14,16H,9H2,1-5H3. The molecule has 0 aromatic heterocycles. The second-order valence-corrected chi connectivity index (χ2v) is 6.07. The smallest absolute Gasteiger partial charge is 0.0883 e. The number of nitrogens with one attached hydrogen (secondary N) is 1. The van der Waals surface area contributed by atoms with Gasteiger partial charge in [-0.2, -0.15) is 0 Å². The summed E-state index contributed by atoms with van der Waals surface area (Å²) in [6.07, 6.45) is 0.216. The second-order valence-electron chi connectivity index (χ2n) is 6.07. The quantitative estimate of drug-likeness (QED) is 0.798. The van der Waals surface area contributed by atoms with E-state index >= 15 is 0 Å². The highest BCUT2D eigenvalue weighted by Gasteiger charge is 2.27. The highest BCUT2D eigenvalue weighted by atomic mass is 16.5. The molecule has 2 nitrogen and oxygen atoms in total. The van der Waals surface area contributed by atoms with Crippen LogP contribution in [0.3, 0.4) is 0 Å². The Labute approximate surface area is 104 Å². The molecule has 1 heterocycles. The predicted molar refractivity (Wildman–Crippen MR) is 72.5 cm³/mol. The maximum Gasteiger partial charge on any atom is 0.0883 e. The van der Waals surface area contributed by atoms with Crippen molar-refractivity contribution in [2.45, 2.75) is 39.2 Å². The van der Waals surface area contributed by atoms with Gasteiger partial charge in [0.2, 0.25) is 0 Å². The lowest BCUT2D eigenvalue weighted by Gasteiger charge is -2.33. The van der Waals surface area contributed by atoms with E-state index in [-0.39, 0.29) is 11.5 Å². The molecule has 0 aliphatic carbocycles. The first kappa shape index (κ1) is 12.4. The molecule has 0 bridgehead atoms. The molecule has 1 aliphatic rings. The summed E-state index contributed by atoms with van der Waals surface area (Å²) in [5.74, 6) is 0.516. The lowest BCUT2D eigenvalue weighted by Crippen LogP contribution is -2.27. The Morgan fingerprint density at radius 2 is 2.00 bits per heavy atom. The van der Waals surface area contributed by atoms with Gasteiger partial charge in [-0.3, -0.25) is 0 Å². The van der Waals surface area contributed by atoms with Crippen LogP contribution in [0.1, 0.15) is 44.9 Å². The van der Waals surface area contributed by atoms with Crippen molar-refractivity contribution in [3.8, 4) is 0 Å². The van der Waals surface area contributed by atoms with Gasteiger partial charge >= 0.3 is 0 Å². The summed E-state index contributed by atoms with van der Waals surface area (Å²) in [7, 11) is 1.81. The van der Waals surface area contributed by atoms with Crippen molar-refractivity contribution in [2.24, 2.45) is 5.92 Å². The molecule has 0 fully saturated rings. The number of fused-ring (bicyclic) bond motifs is 1. The molecule has 1 aromatic rings. The van der Waals surface area contributed by atoms with Crippen molar-refractivity contribution in [2.75, 3.05) is 19.0 Å². The third-order valence-corrected chi connectivity index (χ3v) is 3.61. The van der Waals surface area contributed by atoms with Crippen LogP contribution < -0.4 is 5.32 Å². The zero-order valence-corrected chi connectivity index (χ0v) is 11.5. The molecular formula is C15H23NO. The maximum absolute atomic E-state index is 5.66. The third kappa shape index (κ3) is 2.32. The van der Waals surface area contributed by atoms with E-state index in [0.29, 0.717) is 5.92 Å². The Morgan fingerprint density at radius 1 is 1.29 bits per heavy atom. The van der Waals surface area contributed by atoms with Gasteiger partial charge in [0, 0.05) is 30.8 Å². The third-order valence-electron chi connectivity index (χ3n) is 3.61. The first-order valence-corrected chi connectivity index (χ1v) is 6.34. The van der Waals surface area contributed by atoms with Gasteiger partial charge in [0.15, 0.2) is 0 Å². The average molecular weight is 233 g/mol. The molecule has 1 aromatic carbocycles. The molecule has 2 atom stereocenters. The second kappa shape index (κ2) is 4.34. The normalized spacial score (nSPS) is 24.1. The summed E-state index contributed by atoms with van der Waals surface area (Å²) in [4.78, 5) is 0. The van der Waals surface area contributed by atoms with Crippen molar-refractivity contribution in [1.82, 2.24) is 0 Å². The molecule has 2 rings (SSSR count). The zero-order valence-electron chi connectivity index (χ0n) is 11.5. The largest absolute Gasteiger partial charge is 0.384 e. The highest BCUT2D eigenvalue weighted by Crippen LogP contribution is 2.38. The van der Waals surface area contributed by atoms with Gasteiger partial charge in [-0.1, -0.05) is 39.8 Å². The van der Waals surface area contributed by atoms with E-state index < -0.39 is 0 Å². The van der Waals surface area contributed by atoms with Crippen LogP contribution >= 0.6 is 0 Å². The fourth-order valence-electron chi connectivity index (χ4n) is 2.47. The minimum absolute atomic E-state index is 0.188. The van der Waals surface area contributed by atoms with Gasteiger partial charge in [-0.15, -0.1) is 0 Å². The van der Waals surface area contributed by atoms with Crippen LogP contribution in [0.2, 0.25) is 0 Å². The zero-order chi connectivity index (χ0) is 12.6. The van der Waals surface area contributed by atoms with Gasteiger partial charge in [-0.25, -0.2) is 0 Å². The topological polar surface area (TPSA) is 21.3 Å².